The van der Waals surface area contributed by atoms with Crippen LogP contribution in [0.4, 0.5) is 0 Å². The SMILES string of the molecule is Cn1cc(O)c(=O)[nH]c1=O.[Ac]. The van der Waals surface area contributed by atoms with E-state index in [9.17, 15) is 9.59 Å². The number of aromatic hydroxyl groups is 1. The molecule has 0 saturated carbocycles. The Morgan fingerprint density at radius 1 is 1.55 bits per heavy atom. The van der Waals surface area contributed by atoms with Crippen LogP contribution in [-0.4, -0.2) is 14.7 Å². The van der Waals surface area contributed by atoms with Crippen LogP contribution in [-0.2, 0) is 7.05 Å². The molecule has 0 amide bonds. The minimum absolute atomic E-state index is 0. The molecule has 0 fully saturated rings. The number of rotatable bonds is 0. The van der Waals surface area contributed by atoms with Gasteiger partial charge >= 0.3 is 5.69 Å². The molecule has 6 heteroatoms. The fourth-order valence-corrected chi connectivity index (χ4v) is 0.550. The first-order chi connectivity index (χ1) is 4.61. The molecule has 2 N–H and O–H groups in total. The Hall–Kier alpha value is -0.0784. The number of hydrogen-bond donors (Lipinski definition) is 2. The maximum absolute atomic E-state index is 10.6. The topological polar surface area (TPSA) is 75.1 Å². The molecule has 1 radical (unpaired) electrons. The Balaban J connectivity index is 0.000001000. The van der Waals surface area contributed by atoms with E-state index in [4.69, 9.17) is 5.11 Å². The van der Waals surface area contributed by atoms with Crippen molar-refractivity contribution >= 4 is 0 Å². The third kappa shape index (κ3) is 2.46. The van der Waals surface area contributed by atoms with Crippen molar-refractivity contribution in [1.29, 1.82) is 0 Å². The van der Waals surface area contributed by atoms with Crippen LogP contribution in [0.3, 0.4) is 0 Å². The first kappa shape index (κ1) is 10.9. The van der Waals surface area contributed by atoms with Gasteiger partial charge in [-0.2, -0.15) is 0 Å². The predicted molar refractivity (Wildman–Crippen MR) is 34.0 cm³/mol. The van der Waals surface area contributed by atoms with Crippen LogP contribution in [0, 0.1) is 44.1 Å². The van der Waals surface area contributed by atoms with Gasteiger partial charge in [-0.3, -0.25) is 14.3 Å². The Labute approximate surface area is 97.6 Å². The first-order valence-corrected chi connectivity index (χ1v) is 2.60. The van der Waals surface area contributed by atoms with Crippen LogP contribution in [0.5, 0.6) is 5.75 Å². The van der Waals surface area contributed by atoms with Crippen molar-refractivity contribution in [3.05, 3.63) is 27.0 Å². The van der Waals surface area contributed by atoms with Gasteiger partial charge in [0.25, 0.3) is 5.56 Å². The molecule has 5 nitrogen and oxygen atoms in total. The van der Waals surface area contributed by atoms with E-state index in [0.717, 1.165) is 10.8 Å². The van der Waals surface area contributed by atoms with E-state index >= 15 is 0 Å². The van der Waals surface area contributed by atoms with Crippen molar-refractivity contribution < 1.29 is 49.2 Å². The molecule has 0 atom stereocenters. The smallest absolute Gasteiger partial charge is 0.328 e. The monoisotopic (exact) mass is 369 g/mol. The van der Waals surface area contributed by atoms with E-state index in [1.807, 2.05) is 4.98 Å². The number of aromatic nitrogens is 2. The predicted octanol–water partition coefficient (Wildman–Crippen LogP) is -1.22. The van der Waals surface area contributed by atoms with Gasteiger partial charge in [0, 0.05) is 51.1 Å². The van der Waals surface area contributed by atoms with Gasteiger partial charge in [0.1, 0.15) is 0 Å². The van der Waals surface area contributed by atoms with Gasteiger partial charge in [0.05, 0.1) is 6.20 Å². The van der Waals surface area contributed by atoms with Gasteiger partial charge < -0.3 is 5.11 Å². The maximum Gasteiger partial charge on any atom is 0.328 e. The van der Waals surface area contributed by atoms with Crippen LogP contribution in [0.25, 0.3) is 0 Å². The molecule has 0 unspecified atom stereocenters. The van der Waals surface area contributed by atoms with Gasteiger partial charge in [-0.15, -0.1) is 0 Å². The van der Waals surface area contributed by atoms with Crippen LogP contribution >= 0.6 is 0 Å². The van der Waals surface area contributed by atoms with Gasteiger partial charge in [0.2, 0.25) is 0 Å². The number of H-pyrrole nitrogens is 1. The Kier molecular flexibility index (Phi) is 4.05. The van der Waals surface area contributed by atoms with E-state index in [-0.39, 0.29) is 44.1 Å². The number of nitrogens with one attached hydrogen (secondary N) is 1. The molecule has 0 aliphatic heterocycles. The van der Waals surface area contributed by atoms with Gasteiger partial charge in [-0.1, -0.05) is 0 Å². The van der Waals surface area contributed by atoms with Crippen LogP contribution in [0.15, 0.2) is 15.8 Å². The normalized spacial score (nSPS) is 8.82. The summed E-state index contributed by atoms with van der Waals surface area (Å²) >= 11 is 0. The molecule has 0 spiro atoms. The summed E-state index contributed by atoms with van der Waals surface area (Å²) in [5.41, 5.74) is -1.30. The number of nitrogens with zero attached hydrogens (tertiary/aromatic N) is 1. The molecule has 11 heavy (non-hydrogen) atoms. The van der Waals surface area contributed by atoms with Crippen molar-refractivity contribution in [1.82, 2.24) is 9.55 Å². The summed E-state index contributed by atoms with van der Waals surface area (Å²) < 4.78 is 1.08. The second-order valence-corrected chi connectivity index (χ2v) is 1.88. The third-order valence-corrected chi connectivity index (χ3v) is 1.09. The molecule has 1 aromatic rings. The molecule has 0 aliphatic carbocycles. The summed E-state index contributed by atoms with van der Waals surface area (Å²) in [6.07, 6.45) is 1.06. The van der Waals surface area contributed by atoms with Crippen molar-refractivity contribution in [2.24, 2.45) is 7.05 Å². The third-order valence-electron chi connectivity index (χ3n) is 1.09. The molecule has 1 heterocycles. The average Bonchev–Trinajstić information content (AvgIpc) is 1.84. The summed E-state index contributed by atoms with van der Waals surface area (Å²) in [6.45, 7) is 0. The van der Waals surface area contributed by atoms with E-state index in [2.05, 4.69) is 0 Å². The number of aryl methyl sites for hydroxylation is 1. The van der Waals surface area contributed by atoms with Gasteiger partial charge in [-0.05, 0) is 0 Å². The zero-order valence-corrected chi connectivity index (χ0v) is 10.6. The van der Waals surface area contributed by atoms with Crippen LogP contribution in [0.2, 0.25) is 0 Å². The van der Waals surface area contributed by atoms with E-state index < -0.39 is 17.0 Å². The Morgan fingerprint density at radius 2 is 2.09 bits per heavy atom. The minimum Gasteiger partial charge on any atom is -0.502 e. The molecule has 1 aromatic heterocycles. The summed E-state index contributed by atoms with van der Waals surface area (Å²) in [7, 11) is 1.43. The molecule has 0 bridgehead atoms. The Bertz CT molecular complexity index is 322. The average molecular weight is 369 g/mol. The van der Waals surface area contributed by atoms with E-state index in [0.29, 0.717) is 0 Å². The largest absolute Gasteiger partial charge is 0.502 e. The minimum atomic E-state index is -0.761. The molecular formula is C5H6AcN2O3. The van der Waals surface area contributed by atoms with Crippen LogP contribution in [0.1, 0.15) is 0 Å². The molecule has 0 saturated heterocycles. The maximum atomic E-state index is 10.6. The van der Waals surface area contributed by atoms with Crippen molar-refractivity contribution in [3.63, 3.8) is 0 Å². The fraction of sp³-hybridized carbons (Fsp3) is 0.200. The number of aromatic amines is 1. The molecule has 0 aliphatic rings. The summed E-state index contributed by atoms with van der Waals surface area (Å²) in [5.74, 6) is -0.456. The fourth-order valence-electron chi connectivity index (χ4n) is 0.550. The standard InChI is InChI=1S/C5H6N2O3.Ac/c1-7-2-3(8)4(9)6-5(7)10;/h2,8H,1H3,(H,6,9,10);. The van der Waals surface area contributed by atoms with E-state index in [1.165, 1.54) is 7.05 Å². The molecule has 0 aromatic carbocycles. The van der Waals surface area contributed by atoms with Crippen molar-refractivity contribution in [2.75, 3.05) is 0 Å². The van der Waals surface area contributed by atoms with Crippen LogP contribution < -0.4 is 11.2 Å². The van der Waals surface area contributed by atoms with E-state index in [1.54, 1.807) is 0 Å². The molecular weight excluding hydrogens is 363 g/mol. The Morgan fingerprint density at radius 3 is 2.55 bits per heavy atom. The molecule has 1 rings (SSSR count). The zero-order chi connectivity index (χ0) is 7.72. The first-order valence-electron chi connectivity index (χ1n) is 2.60. The summed E-state index contributed by atoms with van der Waals surface area (Å²) in [5, 5.41) is 8.72. The van der Waals surface area contributed by atoms with Gasteiger partial charge in [-0.25, -0.2) is 4.79 Å². The molecule has 57 valence electrons. The van der Waals surface area contributed by atoms with Crippen molar-refractivity contribution in [2.45, 2.75) is 0 Å². The summed E-state index contributed by atoms with van der Waals surface area (Å²) in [6, 6.07) is 0. The van der Waals surface area contributed by atoms with Gasteiger partial charge in [0.15, 0.2) is 5.75 Å². The zero-order valence-electron chi connectivity index (χ0n) is 5.87. The number of hydrogen-bond acceptors (Lipinski definition) is 3. The van der Waals surface area contributed by atoms with Crippen molar-refractivity contribution in [3.8, 4) is 5.75 Å². The second kappa shape index (κ2) is 4.07. The summed E-state index contributed by atoms with van der Waals surface area (Å²) in [4.78, 5) is 23.0. The second-order valence-electron chi connectivity index (χ2n) is 1.88. The quantitative estimate of drug-likeness (QED) is 0.602.